The fraction of sp³-hybridized carbons (Fsp3) is 0.500. The van der Waals surface area contributed by atoms with Crippen LogP contribution in [0.15, 0.2) is 5.38 Å². The van der Waals surface area contributed by atoms with Crippen LogP contribution < -0.4 is 5.73 Å². The smallest absolute Gasteiger partial charge is 0.109 e. The summed E-state index contributed by atoms with van der Waals surface area (Å²) in [6.45, 7) is 3.92. The molecule has 0 bridgehead atoms. The Morgan fingerprint density at radius 3 is 2.50 bits per heavy atom. The van der Waals surface area contributed by atoms with Crippen molar-refractivity contribution in [1.29, 1.82) is 0 Å². The molecule has 0 saturated carbocycles. The highest BCUT2D eigenvalue weighted by Crippen LogP contribution is 2.14. The van der Waals surface area contributed by atoms with Gasteiger partial charge >= 0.3 is 0 Å². The van der Waals surface area contributed by atoms with Crippen LogP contribution >= 0.6 is 23.7 Å². The van der Waals surface area contributed by atoms with Crippen molar-refractivity contribution in [1.82, 2.24) is 4.98 Å². The Balaban J connectivity index is 0.000000810. The summed E-state index contributed by atoms with van der Waals surface area (Å²) < 4.78 is 0. The van der Waals surface area contributed by atoms with E-state index in [0.29, 0.717) is 0 Å². The molecule has 1 rings (SSSR count). The predicted octanol–water partition coefficient (Wildman–Crippen LogP) is 1.89. The number of halogens is 1. The third kappa shape index (κ3) is 2.25. The Labute approximate surface area is 70.9 Å². The summed E-state index contributed by atoms with van der Waals surface area (Å²) in [5.41, 5.74) is 6.64. The Hall–Kier alpha value is -0.120. The molecule has 0 radical (unpaired) electrons. The molecule has 2 nitrogen and oxygen atoms in total. The summed E-state index contributed by atoms with van der Waals surface area (Å²) in [5.74, 6) is 0. The third-order valence-corrected chi connectivity index (χ3v) is 2.19. The highest BCUT2D eigenvalue weighted by Gasteiger charge is 2.01. The summed E-state index contributed by atoms with van der Waals surface area (Å²) in [7, 11) is 0. The van der Waals surface area contributed by atoms with Crippen molar-refractivity contribution in [3.8, 4) is 0 Å². The second-order valence-electron chi connectivity index (χ2n) is 2.12. The molecule has 0 saturated heterocycles. The largest absolute Gasteiger partial charge is 0.322 e. The highest BCUT2D eigenvalue weighted by atomic mass is 35.5. The standard InChI is InChI=1S/C6H10N2S.ClH/c1-4-3-9-6(8-4)5(2)7;/h3,5H,7H2,1-2H3;1H. The van der Waals surface area contributed by atoms with Crippen molar-refractivity contribution < 1.29 is 0 Å². The molecule has 1 atom stereocenters. The van der Waals surface area contributed by atoms with Gasteiger partial charge in [-0.05, 0) is 13.8 Å². The topological polar surface area (TPSA) is 38.9 Å². The quantitative estimate of drug-likeness (QED) is 0.714. The lowest BCUT2D eigenvalue weighted by molar-refractivity contribution is 0.803. The van der Waals surface area contributed by atoms with E-state index in [0.717, 1.165) is 10.7 Å². The second-order valence-corrected chi connectivity index (χ2v) is 3.01. The molecule has 10 heavy (non-hydrogen) atoms. The van der Waals surface area contributed by atoms with Gasteiger partial charge in [-0.3, -0.25) is 0 Å². The van der Waals surface area contributed by atoms with E-state index < -0.39 is 0 Å². The molecule has 0 aliphatic carbocycles. The lowest BCUT2D eigenvalue weighted by atomic mass is 10.4. The van der Waals surface area contributed by atoms with Crippen molar-refractivity contribution in [3.63, 3.8) is 0 Å². The number of nitrogens with two attached hydrogens (primary N) is 1. The van der Waals surface area contributed by atoms with Gasteiger partial charge in [-0.15, -0.1) is 23.7 Å². The van der Waals surface area contributed by atoms with E-state index in [4.69, 9.17) is 5.73 Å². The van der Waals surface area contributed by atoms with E-state index >= 15 is 0 Å². The van der Waals surface area contributed by atoms with Crippen LogP contribution in [-0.4, -0.2) is 4.98 Å². The summed E-state index contributed by atoms with van der Waals surface area (Å²) in [6.07, 6.45) is 0. The van der Waals surface area contributed by atoms with E-state index in [2.05, 4.69) is 4.98 Å². The molecule has 0 aromatic carbocycles. The van der Waals surface area contributed by atoms with E-state index in [9.17, 15) is 0 Å². The maximum absolute atomic E-state index is 5.57. The zero-order valence-electron chi connectivity index (χ0n) is 6.00. The maximum atomic E-state index is 5.57. The summed E-state index contributed by atoms with van der Waals surface area (Å²) >= 11 is 1.62. The van der Waals surface area contributed by atoms with Crippen LogP contribution in [0, 0.1) is 6.92 Å². The van der Waals surface area contributed by atoms with Crippen molar-refractivity contribution in [2.45, 2.75) is 19.9 Å². The minimum Gasteiger partial charge on any atom is -0.322 e. The van der Waals surface area contributed by atoms with Crippen LogP contribution in [-0.2, 0) is 0 Å². The average molecular weight is 179 g/mol. The molecule has 1 heterocycles. The van der Waals surface area contributed by atoms with Gasteiger partial charge in [0, 0.05) is 11.1 Å². The minimum absolute atomic E-state index is 0. The lowest BCUT2D eigenvalue weighted by Crippen LogP contribution is -2.03. The Bertz CT molecular complexity index is 197. The fourth-order valence-corrected chi connectivity index (χ4v) is 1.34. The normalized spacial score (nSPS) is 12.3. The monoisotopic (exact) mass is 178 g/mol. The van der Waals surface area contributed by atoms with Gasteiger partial charge in [-0.2, -0.15) is 0 Å². The Kier molecular flexibility index (Phi) is 3.86. The van der Waals surface area contributed by atoms with E-state index in [-0.39, 0.29) is 18.4 Å². The minimum atomic E-state index is 0. The fourth-order valence-electron chi connectivity index (χ4n) is 0.581. The molecule has 58 valence electrons. The first-order chi connectivity index (χ1) is 4.20. The number of aromatic nitrogens is 1. The van der Waals surface area contributed by atoms with Crippen molar-refractivity contribution in [3.05, 3.63) is 16.1 Å². The van der Waals surface area contributed by atoms with Gasteiger partial charge in [0.25, 0.3) is 0 Å². The number of nitrogens with zero attached hydrogens (tertiary/aromatic N) is 1. The van der Waals surface area contributed by atoms with Crippen LogP contribution in [0.4, 0.5) is 0 Å². The van der Waals surface area contributed by atoms with Crippen molar-refractivity contribution in [2.24, 2.45) is 5.73 Å². The lowest BCUT2D eigenvalue weighted by Gasteiger charge is -1.95. The van der Waals surface area contributed by atoms with Gasteiger partial charge in [-0.25, -0.2) is 4.98 Å². The van der Waals surface area contributed by atoms with Gasteiger partial charge < -0.3 is 5.73 Å². The summed E-state index contributed by atoms with van der Waals surface area (Å²) in [4.78, 5) is 4.20. The summed E-state index contributed by atoms with van der Waals surface area (Å²) in [5, 5.41) is 3.03. The zero-order valence-corrected chi connectivity index (χ0v) is 7.63. The number of hydrogen-bond acceptors (Lipinski definition) is 3. The molecule has 2 N–H and O–H groups in total. The maximum Gasteiger partial charge on any atom is 0.109 e. The summed E-state index contributed by atoms with van der Waals surface area (Å²) in [6, 6.07) is 0.0868. The highest BCUT2D eigenvalue weighted by molar-refractivity contribution is 7.09. The number of rotatable bonds is 1. The third-order valence-electron chi connectivity index (χ3n) is 1.03. The van der Waals surface area contributed by atoms with Gasteiger partial charge in [-0.1, -0.05) is 0 Å². The molecular weight excluding hydrogens is 168 g/mol. The Morgan fingerprint density at radius 2 is 2.30 bits per heavy atom. The first-order valence-corrected chi connectivity index (χ1v) is 3.75. The van der Waals surface area contributed by atoms with Crippen LogP contribution in [0.25, 0.3) is 0 Å². The van der Waals surface area contributed by atoms with Crippen molar-refractivity contribution >= 4 is 23.7 Å². The van der Waals surface area contributed by atoms with Crippen LogP contribution in [0.2, 0.25) is 0 Å². The Morgan fingerprint density at radius 1 is 1.70 bits per heavy atom. The van der Waals surface area contributed by atoms with Crippen molar-refractivity contribution in [2.75, 3.05) is 0 Å². The molecule has 1 aromatic heterocycles. The molecular formula is C6H11ClN2S. The molecule has 4 heteroatoms. The molecule has 0 aliphatic heterocycles. The first-order valence-electron chi connectivity index (χ1n) is 2.88. The first kappa shape index (κ1) is 9.88. The van der Waals surface area contributed by atoms with Gasteiger partial charge in [0.2, 0.25) is 0 Å². The second kappa shape index (κ2) is 3.91. The zero-order chi connectivity index (χ0) is 6.85. The predicted molar refractivity (Wildman–Crippen MR) is 46.7 cm³/mol. The van der Waals surface area contributed by atoms with E-state index in [1.165, 1.54) is 0 Å². The molecule has 1 unspecified atom stereocenters. The van der Waals surface area contributed by atoms with Gasteiger partial charge in [0.15, 0.2) is 0 Å². The molecule has 1 aromatic rings. The van der Waals surface area contributed by atoms with Crippen LogP contribution in [0.1, 0.15) is 23.7 Å². The van der Waals surface area contributed by atoms with Gasteiger partial charge in [0.1, 0.15) is 5.01 Å². The van der Waals surface area contributed by atoms with E-state index in [1.54, 1.807) is 11.3 Å². The average Bonchev–Trinajstić information content (AvgIpc) is 2.14. The molecule has 0 spiro atoms. The van der Waals surface area contributed by atoms with Gasteiger partial charge in [0.05, 0.1) is 6.04 Å². The SMILES string of the molecule is Cc1csc(C(C)N)n1.Cl. The number of thiazole rings is 1. The molecule has 0 aliphatic rings. The molecule has 0 fully saturated rings. The van der Waals surface area contributed by atoms with Crippen LogP contribution in [0.3, 0.4) is 0 Å². The molecule has 0 amide bonds. The van der Waals surface area contributed by atoms with Crippen LogP contribution in [0.5, 0.6) is 0 Å². The van der Waals surface area contributed by atoms with E-state index in [1.807, 2.05) is 19.2 Å². The number of aryl methyl sites for hydroxylation is 1. The number of hydrogen-bond donors (Lipinski definition) is 1.